The molecule has 1 rings (SSSR count). The summed E-state index contributed by atoms with van der Waals surface area (Å²) >= 11 is 11.1. The van der Waals surface area contributed by atoms with Crippen molar-refractivity contribution in [1.82, 2.24) is 0 Å². The van der Waals surface area contributed by atoms with Crippen LogP contribution >= 0.6 is 38.9 Å². The van der Waals surface area contributed by atoms with Crippen LogP contribution in [0.5, 0.6) is 0 Å². The number of carboxylic acid groups (broad SMARTS) is 1. The van der Waals surface area contributed by atoms with Crippen LogP contribution in [0.3, 0.4) is 0 Å². The second kappa shape index (κ2) is 5.14. The molecule has 5 heteroatoms. The maximum absolute atomic E-state index is 10.3. The van der Waals surface area contributed by atoms with E-state index in [1.165, 1.54) is 4.88 Å². The van der Waals surface area contributed by atoms with E-state index in [4.69, 9.17) is 16.7 Å². The lowest BCUT2D eigenvalue weighted by atomic mass is 10.2. The van der Waals surface area contributed by atoms with Crippen molar-refractivity contribution in [2.75, 3.05) is 0 Å². The number of rotatable bonds is 4. The molecule has 1 aromatic rings. The van der Waals surface area contributed by atoms with Gasteiger partial charge in [0.2, 0.25) is 0 Å². The van der Waals surface area contributed by atoms with Gasteiger partial charge in [0.15, 0.2) is 0 Å². The molecule has 0 radical (unpaired) electrons. The van der Waals surface area contributed by atoms with E-state index in [-0.39, 0.29) is 11.8 Å². The SMILES string of the molecule is Cc1sc(C(Cl)CCC(=O)O)cc1Br. The largest absolute Gasteiger partial charge is 0.481 e. The van der Waals surface area contributed by atoms with Crippen LogP contribution in [0, 0.1) is 6.92 Å². The average molecular weight is 298 g/mol. The van der Waals surface area contributed by atoms with Gasteiger partial charge in [-0.2, -0.15) is 0 Å². The van der Waals surface area contributed by atoms with Gasteiger partial charge in [-0.1, -0.05) is 0 Å². The number of carboxylic acids is 1. The number of thiophene rings is 1. The number of hydrogen-bond donors (Lipinski definition) is 1. The monoisotopic (exact) mass is 296 g/mol. The van der Waals surface area contributed by atoms with Crippen molar-refractivity contribution in [3.05, 3.63) is 20.3 Å². The van der Waals surface area contributed by atoms with E-state index in [1.54, 1.807) is 11.3 Å². The van der Waals surface area contributed by atoms with Gasteiger partial charge in [-0.15, -0.1) is 22.9 Å². The van der Waals surface area contributed by atoms with Crippen LogP contribution in [-0.2, 0) is 4.79 Å². The van der Waals surface area contributed by atoms with E-state index in [0.717, 1.165) is 9.35 Å². The molecule has 0 aliphatic heterocycles. The molecule has 1 aromatic heterocycles. The summed E-state index contributed by atoms with van der Waals surface area (Å²) in [6, 6.07) is 1.96. The lowest BCUT2D eigenvalue weighted by Crippen LogP contribution is -1.96. The summed E-state index contributed by atoms with van der Waals surface area (Å²) in [6.07, 6.45) is 0.589. The Labute approximate surface area is 100 Å². The molecule has 2 nitrogen and oxygen atoms in total. The highest BCUT2D eigenvalue weighted by atomic mass is 79.9. The van der Waals surface area contributed by atoms with Crippen molar-refractivity contribution in [1.29, 1.82) is 0 Å². The molecule has 0 amide bonds. The summed E-state index contributed by atoms with van der Waals surface area (Å²) in [5, 5.41) is 8.31. The fourth-order valence-electron chi connectivity index (χ4n) is 1.03. The molecule has 14 heavy (non-hydrogen) atoms. The molecule has 1 unspecified atom stereocenters. The van der Waals surface area contributed by atoms with Gasteiger partial charge in [0, 0.05) is 20.6 Å². The Morgan fingerprint density at radius 3 is 2.86 bits per heavy atom. The standard InChI is InChI=1S/C9H10BrClO2S/c1-5-6(10)4-8(14-5)7(11)2-3-9(12)13/h4,7H,2-3H2,1H3,(H,12,13). The van der Waals surface area contributed by atoms with Gasteiger partial charge in [-0.05, 0) is 35.3 Å². The Hall–Kier alpha value is -0.0600. The summed E-state index contributed by atoms with van der Waals surface area (Å²) < 4.78 is 1.04. The van der Waals surface area contributed by atoms with Gasteiger partial charge in [0.05, 0.1) is 5.38 Å². The molecular formula is C9H10BrClO2S. The Morgan fingerprint density at radius 1 is 1.79 bits per heavy atom. The van der Waals surface area contributed by atoms with E-state index >= 15 is 0 Å². The van der Waals surface area contributed by atoms with Crippen LogP contribution in [0.1, 0.15) is 28.0 Å². The fourth-order valence-corrected chi connectivity index (χ4v) is 2.91. The quantitative estimate of drug-likeness (QED) is 0.854. The highest BCUT2D eigenvalue weighted by Gasteiger charge is 2.13. The van der Waals surface area contributed by atoms with Gasteiger partial charge < -0.3 is 5.11 Å². The highest BCUT2D eigenvalue weighted by molar-refractivity contribution is 9.10. The molecule has 0 saturated carbocycles. The van der Waals surface area contributed by atoms with Crippen LogP contribution in [-0.4, -0.2) is 11.1 Å². The van der Waals surface area contributed by atoms with Crippen molar-refractivity contribution >= 4 is 44.8 Å². The molecule has 1 N–H and O–H groups in total. The fraction of sp³-hybridized carbons (Fsp3) is 0.444. The minimum absolute atomic E-state index is 0.114. The van der Waals surface area contributed by atoms with Gasteiger partial charge in [-0.3, -0.25) is 4.79 Å². The van der Waals surface area contributed by atoms with Crippen LogP contribution in [0.4, 0.5) is 0 Å². The molecule has 0 fully saturated rings. The predicted molar refractivity (Wildman–Crippen MR) is 62.2 cm³/mol. The minimum Gasteiger partial charge on any atom is -0.481 e. The summed E-state index contributed by atoms with van der Waals surface area (Å²) in [4.78, 5) is 12.5. The number of carbonyl (C=O) groups is 1. The number of aryl methyl sites for hydroxylation is 1. The first-order valence-corrected chi connectivity index (χ1v) is 6.17. The van der Waals surface area contributed by atoms with E-state index in [0.29, 0.717) is 6.42 Å². The maximum atomic E-state index is 10.3. The molecular weight excluding hydrogens is 288 g/mol. The first-order chi connectivity index (χ1) is 6.50. The van der Waals surface area contributed by atoms with E-state index in [9.17, 15) is 4.79 Å². The summed E-state index contributed by atoms with van der Waals surface area (Å²) in [5.41, 5.74) is 0. The molecule has 78 valence electrons. The third-order valence-electron chi connectivity index (χ3n) is 1.80. The maximum Gasteiger partial charge on any atom is 0.303 e. The molecule has 0 saturated heterocycles. The zero-order chi connectivity index (χ0) is 10.7. The second-order valence-electron chi connectivity index (χ2n) is 2.95. The van der Waals surface area contributed by atoms with Crippen molar-refractivity contribution in [2.24, 2.45) is 0 Å². The van der Waals surface area contributed by atoms with Gasteiger partial charge >= 0.3 is 5.97 Å². The van der Waals surface area contributed by atoms with E-state index in [2.05, 4.69) is 15.9 Å². The summed E-state index contributed by atoms with van der Waals surface area (Å²) in [5.74, 6) is -0.803. The molecule has 1 heterocycles. The van der Waals surface area contributed by atoms with Crippen molar-refractivity contribution in [3.63, 3.8) is 0 Å². The van der Waals surface area contributed by atoms with Gasteiger partial charge in [0.1, 0.15) is 0 Å². The zero-order valence-electron chi connectivity index (χ0n) is 7.59. The molecule has 1 atom stereocenters. The van der Waals surface area contributed by atoms with Gasteiger partial charge in [-0.25, -0.2) is 0 Å². The second-order valence-corrected chi connectivity index (χ2v) is 5.62. The Bertz CT molecular complexity index is 318. The predicted octanol–water partition coefficient (Wildman–Crippen LogP) is 3.96. The highest BCUT2D eigenvalue weighted by Crippen LogP contribution is 2.35. The number of aliphatic carboxylic acids is 1. The lowest BCUT2D eigenvalue weighted by Gasteiger charge is -2.03. The van der Waals surface area contributed by atoms with Crippen LogP contribution in [0.25, 0.3) is 0 Å². The van der Waals surface area contributed by atoms with Crippen molar-refractivity contribution in [3.8, 4) is 0 Å². The van der Waals surface area contributed by atoms with Gasteiger partial charge in [0.25, 0.3) is 0 Å². The average Bonchev–Trinajstić information content (AvgIpc) is 2.43. The molecule has 0 bridgehead atoms. The molecule has 0 aliphatic carbocycles. The summed E-state index contributed by atoms with van der Waals surface area (Å²) in [6.45, 7) is 2.00. The summed E-state index contributed by atoms with van der Waals surface area (Å²) in [7, 11) is 0. The minimum atomic E-state index is -0.803. The van der Waals surface area contributed by atoms with Crippen LogP contribution in [0.15, 0.2) is 10.5 Å². The number of alkyl halides is 1. The van der Waals surface area contributed by atoms with Crippen LogP contribution < -0.4 is 0 Å². The van der Waals surface area contributed by atoms with Crippen molar-refractivity contribution < 1.29 is 9.90 Å². The Balaban J connectivity index is 2.60. The lowest BCUT2D eigenvalue weighted by molar-refractivity contribution is -0.137. The Morgan fingerprint density at radius 2 is 2.43 bits per heavy atom. The smallest absolute Gasteiger partial charge is 0.303 e. The van der Waals surface area contributed by atoms with E-state index < -0.39 is 5.97 Å². The Kier molecular flexibility index (Phi) is 4.41. The topological polar surface area (TPSA) is 37.3 Å². The normalized spacial score (nSPS) is 12.8. The first-order valence-electron chi connectivity index (χ1n) is 4.12. The molecule has 0 aliphatic rings. The van der Waals surface area contributed by atoms with E-state index in [1.807, 2.05) is 13.0 Å². The van der Waals surface area contributed by atoms with Crippen molar-refractivity contribution in [2.45, 2.75) is 25.1 Å². The third kappa shape index (κ3) is 3.26. The number of halogens is 2. The zero-order valence-corrected chi connectivity index (χ0v) is 10.7. The van der Waals surface area contributed by atoms with Crippen LogP contribution in [0.2, 0.25) is 0 Å². The number of hydrogen-bond acceptors (Lipinski definition) is 2. The third-order valence-corrected chi connectivity index (χ3v) is 4.63. The molecule has 0 spiro atoms. The molecule has 0 aromatic carbocycles. The first kappa shape index (κ1) is 12.0.